The van der Waals surface area contributed by atoms with Crippen molar-refractivity contribution in [3.05, 3.63) is 11.8 Å². The highest BCUT2D eigenvalue weighted by molar-refractivity contribution is 5.89. The van der Waals surface area contributed by atoms with Gasteiger partial charge in [-0.1, -0.05) is 5.16 Å². The van der Waals surface area contributed by atoms with Crippen LogP contribution in [0.25, 0.3) is 0 Å². The van der Waals surface area contributed by atoms with Crippen LogP contribution in [0.3, 0.4) is 0 Å². The summed E-state index contributed by atoms with van der Waals surface area (Å²) >= 11 is 0. The molecule has 1 fully saturated rings. The van der Waals surface area contributed by atoms with Crippen LogP contribution in [0.4, 0.5) is 5.82 Å². The Bertz CT molecular complexity index is 496. The minimum Gasteiger partial charge on any atom is -0.465 e. The third-order valence-electron chi connectivity index (χ3n) is 3.22. The molecule has 0 aromatic carbocycles. The highest BCUT2D eigenvalue weighted by Crippen LogP contribution is 2.26. The van der Waals surface area contributed by atoms with E-state index < -0.39 is 0 Å². The third kappa shape index (κ3) is 5.18. The van der Waals surface area contributed by atoms with Gasteiger partial charge < -0.3 is 14.6 Å². The Morgan fingerprint density at radius 3 is 2.86 bits per heavy atom. The summed E-state index contributed by atoms with van der Waals surface area (Å²) in [6.45, 7) is 4.70. The Morgan fingerprint density at radius 1 is 1.52 bits per heavy atom. The molecule has 0 atom stereocenters. The molecule has 1 saturated carbocycles. The van der Waals surface area contributed by atoms with Gasteiger partial charge in [-0.3, -0.25) is 14.5 Å². The van der Waals surface area contributed by atoms with Crippen molar-refractivity contribution >= 4 is 17.7 Å². The average Bonchev–Trinajstić information content (AvgIpc) is 3.19. The maximum atomic E-state index is 11.8. The lowest BCUT2D eigenvalue weighted by atomic mass is 10.3. The molecule has 1 aromatic heterocycles. The predicted molar refractivity (Wildman–Crippen MR) is 75.7 cm³/mol. The van der Waals surface area contributed by atoms with Crippen LogP contribution in [0, 0.1) is 6.92 Å². The molecule has 0 spiro atoms. The number of ether oxygens (including phenoxy) is 1. The van der Waals surface area contributed by atoms with E-state index in [-0.39, 0.29) is 18.4 Å². The fraction of sp³-hybridized carbons (Fsp3) is 0.643. The molecule has 1 heterocycles. The van der Waals surface area contributed by atoms with Crippen LogP contribution in [0.1, 0.15) is 31.9 Å². The Balaban J connectivity index is 1.76. The third-order valence-corrected chi connectivity index (χ3v) is 3.22. The van der Waals surface area contributed by atoms with E-state index in [9.17, 15) is 9.59 Å². The van der Waals surface area contributed by atoms with E-state index >= 15 is 0 Å². The number of nitrogens with one attached hydrogen (secondary N) is 1. The molecule has 0 saturated heterocycles. The van der Waals surface area contributed by atoms with Gasteiger partial charge in [-0.25, -0.2) is 0 Å². The molecule has 0 aliphatic heterocycles. The van der Waals surface area contributed by atoms with Gasteiger partial charge in [-0.2, -0.15) is 0 Å². The number of hydrogen-bond acceptors (Lipinski definition) is 6. The van der Waals surface area contributed by atoms with Gasteiger partial charge >= 0.3 is 5.97 Å². The lowest BCUT2D eigenvalue weighted by molar-refractivity contribution is -0.144. The Morgan fingerprint density at radius 2 is 2.29 bits per heavy atom. The van der Waals surface area contributed by atoms with Crippen molar-refractivity contribution in [3.63, 3.8) is 0 Å². The topological polar surface area (TPSA) is 84.7 Å². The van der Waals surface area contributed by atoms with Gasteiger partial charge in [0.1, 0.15) is 5.76 Å². The summed E-state index contributed by atoms with van der Waals surface area (Å²) in [5, 5.41) is 6.38. The number of esters is 1. The van der Waals surface area contributed by atoms with Crippen molar-refractivity contribution in [1.82, 2.24) is 10.1 Å². The number of anilines is 1. The molecular weight excluding hydrogens is 274 g/mol. The van der Waals surface area contributed by atoms with Crippen LogP contribution in [-0.2, 0) is 14.3 Å². The molecule has 1 aliphatic carbocycles. The monoisotopic (exact) mass is 295 g/mol. The molecule has 1 amide bonds. The highest BCUT2D eigenvalue weighted by atomic mass is 16.5. The van der Waals surface area contributed by atoms with Crippen molar-refractivity contribution in [3.8, 4) is 0 Å². The number of amides is 1. The summed E-state index contributed by atoms with van der Waals surface area (Å²) in [7, 11) is 0. The summed E-state index contributed by atoms with van der Waals surface area (Å²) < 4.78 is 9.83. The van der Waals surface area contributed by atoms with Crippen molar-refractivity contribution in [2.24, 2.45) is 0 Å². The first-order chi connectivity index (χ1) is 10.1. The predicted octanol–water partition coefficient (Wildman–Crippen LogP) is 1.34. The number of hydrogen-bond donors (Lipinski definition) is 1. The van der Waals surface area contributed by atoms with E-state index in [1.807, 2.05) is 4.90 Å². The minimum atomic E-state index is -0.239. The summed E-state index contributed by atoms with van der Waals surface area (Å²) in [5.74, 6) is 0.683. The van der Waals surface area contributed by atoms with Gasteiger partial charge in [0.15, 0.2) is 5.82 Å². The number of carbonyl (C=O) groups is 2. The van der Waals surface area contributed by atoms with Crippen molar-refractivity contribution in [2.45, 2.75) is 39.2 Å². The van der Waals surface area contributed by atoms with E-state index in [2.05, 4.69) is 10.5 Å². The first-order valence-electron chi connectivity index (χ1n) is 7.21. The van der Waals surface area contributed by atoms with Gasteiger partial charge in [0, 0.05) is 25.1 Å². The maximum Gasteiger partial charge on any atom is 0.320 e. The van der Waals surface area contributed by atoms with Crippen LogP contribution < -0.4 is 5.32 Å². The smallest absolute Gasteiger partial charge is 0.320 e. The highest BCUT2D eigenvalue weighted by Gasteiger charge is 2.30. The van der Waals surface area contributed by atoms with E-state index in [0.29, 0.717) is 37.2 Å². The number of aromatic nitrogens is 1. The van der Waals surface area contributed by atoms with Crippen LogP contribution in [-0.4, -0.2) is 47.7 Å². The summed E-state index contributed by atoms with van der Waals surface area (Å²) in [6, 6.07) is 2.06. The van der Waals surface area contributed by atoms with Gasteiger partial charge in [0.2, 0.25) is 5.91 Å². The lowest BCUT2D eigenvalue weighted by Crippen LogP contribution is -2.35. The van der Waals surface area contributed by atoms with Gasteiger partial charge in [-0.15, -0.1) is 0 Å². The Labute approximate surface area is 123 Å². The molecule has 2 rings (SSSR count). The fourth-order valence-electron chi connectivity index (χ4n) is 2.08. The summed E-state index contributed by atoms with van der Waals surface area (Å²) in [5.41, 5.74) is 0. The summed E-state index contributed by atoms with van der Waals surface area (Å²) in [4.78, 5) is 25.4. The zero-order chi connectivity index (χ0) is 15.2. The number of nitrogens with zero attached hydrogens (tertiary/aromatic N) is 2. The first-order valence-corrected chi connectivity index (χ1v) is 7.21. The molecule has 0 bridgehead atoms. The van der Waals surface area contributed by atoms with Crippen molar-refractivity contribution in [1.29, 1.82) is 0 Å². The number of aryl methyl sites for hydroxylation is 1. The molecule has 7 nitrogen and oxygen atoms in total. The van der Waals surface area contributed by atoms with Gasteiger partial charge in [0.05, 0.1) is 13.2 Å². The maximum absolute atomic E-state index is 11.8. The second kappa shape index (κ2) is 7.21. The molecule has 21 heavy (non-hydrogen) atoms. The Hall–Kier alpha value is -1.89. The van der Waals surface area contributed by atoms with Crippen LogP contribution in [0.2, 0.25) is 0 Å². The lowest BCUT2D eigenvalue weighted by Gasteiger charge is -2.20. The molecule has 0 radical (unpaired) electrons. The van der Waals surface area contributed by atoms with Gasteiger partial charge in [0.25, 0.3) is 0 Å². The van der Waals surface area contributed by atoms with E-state index in [0.717, 1.165) is 12.8 Å². The van der Waals surface area contributed by atoms with Crippen LogP contribution in [0.15, 0.2) is 10.6 Å². The standard InChI is InChI=1S/C14H21N3O4/c1-3-20-14(19)9-17(11-4-5-11)7-6-13(18)15-12-8-10(2)21-16-12/h8,11H,3-7,9H2,1-2H3,(H,15,16,18). The molecule has 7 heteroatoms. The zero-order valence-corrected chi connectivity index (χ0v) is 12.4. The average molecular weight is 295 g/mol. The molecule has 1 aromatic rings. The second-order valence-electron chi connectivity index (χ2n) is 5.13. The zero-order valence-electron chi connectivity index (χ0n) is 12.4. The number of rotatable bonds is 8. The number of carbonyl (C=O) groups excluding carboxylic acids is 2. The van der Waals surface area contributed by atoms with Crippen molar-refractivity contribution in [2.75, 3.05) is 25.0 Å². The molecule has 1 aliphatic rings. The van der Waals surface area contributed by atoms with Gasteiger partial charge in [-0.05, 0) is 26.7 Å². The summed E-state index contributed by atoms with van der Waals surface area (Å²) in [6.07, 6.45) is 2.45. The van der Waals surface area contributed by atoms with Crippen molar-refractivity contribution < 1.29 is 18.8 Å². The van der Waals surface area contributed by atoms with Crippen LogP contribution >= 0.6 is 0 Å². The largest absolute Gasteiger partial charge is 0.465 e. The molecule has 116 valence electrons. The van der Waals surface area contributed by atoms with Crippen LogP contribution in [0.5, 0.6) is 0 Å². The van der Waals surface area contributed by atoms with E-state index in [1.54, 1.807) is 19.9 Å². The molecule has 1 N–H and O–H groups in total. The normalized spacial score (nSPS) is 14.2. The Kier molecular flexibility index (Phi) is 5.32. The molecular formula is C14H21N3O4. The first kappa shape index (κ1) is 15.5. The minimum absolute atomic E-state index is 0.141. The molecule has 0 unspecified atom stereocenters. The quantitative estimate of drug-likeness (QED) is 0.728. The SMILES string of the molecule is CCOC(=O)CN(CCC(=O)Nc1cc(C)on1)C1CC1. The van der Waals surface area contributed by atoms with E-state index in [4.69, 9.17) is 9.26 Å². The second-order valence-corrected chi connectivity index (χ2v) is 5.13. The van der Waals surface area contributed by atoms with E-state index in [1.165, 1.54) is 0 Å². The fourth-order valence-corrected chi connectivity index (χ4v) is 2.08.